The Bertz CT molecular complexity index is 944. The maximum atomic E-state index is 5.40. The van der Waals surface area contributed by atoms with Gasteiger partial charge in [-0.05, 0) is 87.4 Å². The van der Waals surface area contributed by atoms with E-state index in [0.717, 1.165) is 35.7 Å². The predicted octanol–water partition coefficient (Wildman–Crippen LogP) is 7.25. The molecule has 2 N–H and O–H groups in total. The maximum Gasteiger partial charge on any atom is 0.175 e. The van der Waals surface area contributed by atoms with Crippen LogP contribution in [0.5, 0.6) is 11.5 Å². The Morgan fingerprint density at radius 1 is 0.765 bits per heavy atom. The van der Waals surface area contributed by atoms with Crippen molar-refractivity contribution in [1.29, 1.82) is 0 Å². The fourth-order valence-electron chi connectivity index (χ4n) is 3.28. The van der Waals surface area contributed by atoms with Gasteiger partial charge in [-0.15, -0.1) is 12.2 Å². The summed E-state index contributed by atoms with van der Waals surface area (Å²) in [6.45, 7) is 5.24. The smallest absolute Gasteiger partial charge is 0.175 e. The summed E-state index contributed by atoms with van der Waals surface area (Å²) in [5, 5.41) is 6.80. The van der Waals surface area contributed by atoms with Crippen LogP contribution in [0.3, 0.4) is 0 Å². The zero-order chi connectivity index (χ0) is 23.3. The second kappa shape index (κ2) is 15.4. The van der Waals surface area contributed by atoms with E-state index in [-0.39, 0.29) is 26.2 Å². The Morgan fingerprint density at radius 2 is 1.18 bits per heavy atom. The van der Waals surface area contributed by atoms with Crippen molar-refractivity contribution < 1.29 is 35.7 Å². The minimum absolute atomic E-state index is 0. The van der Waals surface area contributed by atoms with Crippen LogP contribution in [0.25, 0.3) is 0 Å². The molecule has 0 saturated heterocycles. The van der Waals surface area contributed by atoms with Crippen molar-refractivity contribution in [2.45, 2.75) is 26.7 Å². The quantitative estimate of drug-likeness (QED) is 0.268. The standard InChI is InChI=1S/C17H20N2O2S.C11H11.Zr/c1-3-20-15-9-5-13(6-10-15)18-17(22)19-14-7-11-16(12-8-14)21-4-2;1-2-6-10(5-1)9-11-7-3-4-8-11;/h5-12H,3-4H2,1-2H3,(H2,18,19,22);1-5,7,9H,6,8H2;/q;-1;. The molecule has 34 heavy (non-hydrogen) atoms. The van der Waals surface area contributed by atoms with E-state index in [4.69, 9.17) is 21.7 Å². The van der Waals surface area contributed by atoms with Gasteiger partial charge >= 0.3 is 0 Å². The van der Waals surface area contributed by atoms with Gasteiger partial charge in [0.1, 0.15) is 11.5 Å². The molecule has 0 heterocycles. The topological polar surface area (TPSA) is 42.5 Å². The minimum atomic E-state index is 0. The van der Waals surface area contributed by atoms with E-state index < -0.39 is 0 Å². The third kappa shape index (κ3) is 9.74. The molecule has 0 aromatic heterocycles. The Labute approximate surface area is 227 Å². The molecule has 0 atom stereocenters. The summed E-state index contributed by atoms with van der Waals surface area (Å²) in [6.07, 6.45) is 17.5. The van der Waals surface area contributed by atoms with E-state index in [1.165, 1.54) is 11.1 Å². The molecule has 0 fully saturated rings. The van der Waals surface area contributed by atoms with Gasteiger partial charge in [0.05, 0.1) is 13.2 Å². The summed E-state index contributed by atoms with van der Waals surface area (Å²) in [4.78, 5) is 0. The largest absolute Gasteiger partial charge is 0.494 e. The van der Waals surface area contributed by atoms with Gasteiger partial charge in [-0.1, -0.05) is 12.2 Å². The molecule has 2 aliphatic rings. The zero-order valence-corrected chi connectivity index (χ0v) is 23.0. The minimum Gasteiger partial charge on any atom is -0.494 e. The third-order valence-electron chi connectivity index (χ3n) is 4.82. The fourth-order valence-corrected chi connectivity index (χ4v) is 3.51. The third-order valence-corrected chi connectivity index (χ3v) is 5.02. The van der Waals surface area contributed by atoms with Crippen LogP contribution in [-0.2, 0) is 26.2 Å². The van der Waals surface area contributed by atoms with E-state index in [0.29, 0.717) is 18.3 Å². The molecule has 2 aliphatic carbocycles. The van der Waals surface area contributed by atoms with Crippen LogP contribution in [0.4, 0.5) is 11.4 Å². The van der Waals surface area contributed by atoms with Gasteiger partial charge in [-0.3, -0.25) is 0 Å². The van der Waals surface area contributed by atoms with Crippen molar-refractivity contribution in [2.75, 3.05) is 23.8 Å². The van der Waals surface area contributed by atoms with E-state index >= 15 is 0 Å². The van der Waals surface area contributed by atoms with Gasteiger partial charge in [0, 0.05) is 37.6 Å². The predicted molar refractivity (Wildman–Crippen MR) is 143 cm³/mol. The first kappa shape index (κ1) is 27.7. The van der Waals surface area contributed by atoms with E-state index in [1.54, 1.807) is 0 Å². The van der Waals surface area contributed by atoms with Gasteiger partial charge in [0.2, 0.25) is 0 Å². The maximum absolute atomic E-state index is 5.40. The average Bonchev–Trinajstić information content (AvgIpc) is 3.52. The fraction of sp³-hybridized carbons (Fsp3) is 0.214. The Morgan fingerprint density at radius 3 is 1.50 bits per heavy atom. The van der Waals surface area contributed by atoms with Crippen LogP contribution in [0.2, 0.25) is 0 Å². The first-order valence-corrected chi connectivity index (χ1v) is 11.7. The van der Waals surface area contributed by atoms with Gasteiger partial charge in [-0.2, -0.15) is 29.7 Å². The molecule has 6 heteroatoms. The molecule has 0 bridgehead atoms. The van der Waals surface area contributed by atoms with Crippen LogP contribution in [0, 0.1) is 6.42 Å². The van der Waals surface area contributed by atoms with Crippen molar-refractivity contribution >= 4 is 28.7 Å². The van der Waals surface area contributed by atoms with Crippen molar-refractivity contribution in [1.82, 2.24) is 0 Å². The molecule has 4 nitrogen and oxygen atoms in total. The van der Waals surface area contributed by atoms with Crippen LogP contribution < -0.4 is 20.1 Å². The number of ether oxygens (including phenoxy) is 2. The molecule has 0 spiro atoms. The summed E-state index contributed by atoms with van der Waals surface area (Å²) in [7, 11) is 0. The molecular formula is C28H31N2O2SZr-. The van der Waals surface area contributed by atoms with Crippen LogP contribution in [-0.4, -0.2) is 18.3 Å². The zero-order valence-electron chi connectivity index (χ0n) is 19.7. The van der Waals surface area contributed by atoms with E-state index in [1.807, 2.05) is 62.4 Å². The van der Waals surface area contributed by atoms with Crippen LogP contribution in [0.1, 0.15) is 26.7 Å². The molecule has 4 rings (SSSR count). The van der Waals surface area contributed by atoms with Gasteiger partial charge < -0.3 is 20.1 Å². The molecule has 2 aromatic carbocycles. The van der Waals surface area contributed by atoms with Gasteiger partial charge in [0.15, 0.2) is 5.11 Å². The molecule has 0 radical (unpaired) electrons. The van der Waals surface area contributed by atoms with E-state index in [9.17, 15) is 0 Å². The van der Waals surface area contributed by atoms with Gasteiger partial charge in [-0.25, -0.2) is 0 Å². The number of benzene rings is 2. The number of thiocarbonyl (C=S) groups is 1. The first-order chi connectivity index (χ1) is 16.2. The molecule has 0 amide bonds. The van der Waals surface area contributed by atoms with Crippen LogP contribution in [0.15, 0.2) is 96.1 Å². The second-order valence-corrected chi connectivity index (χ2v) is 7.79. The molecular weight excluding hydrogens is 520 g/mol. The molecule has 0 unspecified atom stereocenters. The van der Waals surface area contributed by atoms with Crippen molar-refractivity contribution in [3.05, 3.63) is 103 Å². The number of hydrogen-bond acceptors (Lipinski definition) is 3. The van der Waals surface area contributed by atoms with E-state index in [2.05, 4.69) is 53.5 Å². The number of hydrogen-bond donors (Lipinski definition) is 2. The van der Waals surface area contributed by atoms with Gasteiger partial charge in [0.25, 0.3) is 0 Å². The Kier molecular flexibility index (Phi) is 12.5. The second-order valence-electron chi connectivity index (χ2n) is 7.39. The van der Waals surface area contributed by atoms with Crippen molar-refractivity contribution in [3.63, 3.8) is 0 Å². The summed E-state index contributed by atoms with van der Waals surface area (Å²) < 4.78 is 10.8. The SMILES string of the molecule is C1=CCC([CH-]C2=CC=CC2)=C1.CCOc1ccc(NC(=S)Nc2ccc(OCC)cc2)cc1.[Zr]. The summed E-state index contributed by atoms with van der Waals surface area (Å²) >= 11 is 5.30. The summed E-state index contributed by atoms with van der Waals surface area (Å²) in [6, 6.07) is 15.3. The monoisotopic (exact) mass is 549 g/mol. The van der Waals surface area contributed by atoms with Crippen molar-refractivity contribution in [3.8, 4) is 11.5 Å². The number of rotatable bonds is 8. The number of anilines is 2. The van der Waals surface area contributed by atoms with Crippen LogP contribution >= 0.6 is 12.2 Å². The number of nitrogens with one attached hydrogen (secondary N) is 2. The summed E-state index contributed by atoms with van der Waals surface area (Å²) in [5.41, 5.74) is 4.68. The normalized spacial score (nSPS) is 13.0. The molecule has 0 aliphatic heterocycles. The summed E-state index contributed by atoms with van der Waals surface area (Å²) in [5.74, 6) is 1.69. The molecule has 2 aromatic rings. The average molecular weight is 551 g/mol. The van der Waals surface area contributed by atoms with Crippen molar-refractivity contribution in [2.24, 2.45) is 0 Å². The Balaban J connectivity index is 0.000000284. The molecule has 176 valence electrons. The number of allylic oxidation sites excluding steroid dienone is 8. The Hall–Kier alpha value is -2.56. The first-order valence-electron chi connectivity index (χ1n) is 11.3. The molecule has 0 saturated carbocycles.